The molecule has 0 radical (unpaired) electrons. The van der Waals surface area contributed by atoms with Gasteiger partial charge in [0.25, 0.3) is 5.97 Å². The van der Waals surface area contributed by atoms with E-state index in [0.717, 1.165) is 80.2 Å². The smallest absolute Gasteiger partial charge is 0.407 e. The molecule has 10 heteroatoms. The molecule has 0 bridgehead atoms. The predicted molar refractivity (Wildman–Crippen MR) is 206 cm³/mol. The maximum atomic E-state index is 13.0. The number of esters is 1. The highest BCUT2D eigenvalue weighted by atomic mass is 16.6. The maximum absolute atomic E-state index is 13.0. The van der Waals surface area contributed by atoms with Crippen LogP contribution in [0.4, 0.5) is 4.79 Å². The summed E-state index contributed by atoms with van der Waals surface area (Å²) in [6.07, 6.45) is 9.15. The minimum absolute atomic E-state index is 0. The second kappa shape index (κ2) is 18.5. The van der Waals surface area contributed by atoms with Crippen molar-refractivity contribution in [2.75, 3.05) is 6.61 Å². The number of hydrogen-bond donors (Lipinski definition) is 3. The number of ketones is 2. The number of benzene rings is 3. The highest BCUT2D eigenvalue weighted by Gasteiger charge is 2.40. The summed E-state index contributed by atoms with van der Waals surface area (Å²) in [6, 6.07) is 19.6. The fourth-order valence-electron chi connectivity index (χ4n) is 7.80. The van der Waals surface area contributed by atoms with Crippen molar-refractivity contribution in [3.05, 3.63) is 71.8 Å². The highest BCUT2D eigenvalue weighted by molar-refractivity contribution is 6.02. The van der Waals surface area contributed by atoms with E-state index in [1.54, 1.807) is 6.07 Å². The minimum Gasteiger partial charge on any atom is -0.481 e. The van der Waals surface area contributed by atoms with Crippen molar-refractivity contribution in [2.24, 2.45) is 11.8 Å². The SMILES string of the molecule is C.CC(=O)O.CC(C)(C)OC(=O)NC1CCCC1CCCC(=O)c1ccc(-c2ccc3cc(C(=O)COC(=O)C4CC5CCCC5N4)ccc3c2)cc1. The van der Waals surface area contributed by atoms with E-state index in [1.807, 2.05) is 69.3 Å². The fraction of sp³-hybridized carbons (Fsp3) is 0.512. The van der Waals surface area contributed by atoms with E-state index in [1.165, 1.54) is 6.42 Å². The van der Waals surface area contributed by atoms with Crippen LogP contribution >= 0.6 is 0 Å². The molecular weight excluding hydrogens is 672 g/mol. The van der Waals surface area contributed by atoms with E-state index < -0.39 is 11.6 Å². The van der Waals surface area contributed by atoms with Gasteiger partial charge in [0.2, 0.25) is 0 Å². The van der Waals surface area contributed by atoms with Crippen LogP contribution < -0.4 is 10.6 Å². The molecule has 1 saturated heterocycles. The van der Waals surface area contributed by atoms with E-state index in [0.29, 0.717) is 35.4 Å². The zero-order chi connectivity index (χ0) is 37.4. The molecule has 3 aliphatic rings. The minimum atomic E-state index is -0.833. The lowest BCUT2D eigenvalue weighted by atomic mass is 9.94. The van der Waals surface area contributed by atoms with Gasteiger partial charge in [-0.15, -0.1) is 0 Å². The lowest BCUT2D eigenvalue weighted by Crippen LogP contribution is -2.40. The first-order valence-corrected chi connectivity index (χ1v) is 18.6. The van der Waals surface area contributed by atoms with E-state index in [9.17, 15) is 19.2 Å². The lowest BCUT2D eigenvalue weighted by molar-refractivity contribution is -0.144. The fourth-order valence-corrected chi connectivity index (χ4v) is 7.80. The average molecular weight is 729 g/mol. The topological polar surface area (TPSA) is 148 Å². The number of Topliss-reactive ketones (excluding diaryl/α,β-unsaturated/α-hetero) is 2. The first kappa shape index (κ1) is 41.2. The van der Waals surface area contributed by atoms with Gasteiger partial charge in [-0.05, 0) is 112 Å². The summed E-state index contributed by atoms with van der Waals surface area (Å²) in [4.78, 5) is 59.6. The van der Waals surface area contributed by atoms with Crippen LogP contribution in [0.15, 0.2) is 60.7 Å². The first-order chi connectivity index (χ1) is 24.8. The summed E-state index contributed by atoms with van der Waals surface area (Å²) in [7, 11) is 0. The van der Waals surface area contributed by atoms with Crippen molar-refractivity contribution >= 4 is 40.4 Å². The Hall–Kier alpha value is -4.57. The normalized spacial score (nSPS) is 21.8. The Morgan fingerprint density at radius 2 is 1.47 bits per heavy atom. The van der Waals surface area contributed by atoms with Crippen molar-refractivity contribution in [2.45, 2.75) is 123 Å². The van der Waals surface area contributed by atoms with Gasteiger partial charge in [0.05, 0.1) is 0 Å². The van der Waals surface area contributed by atoms with Gasteiger partial charge in [0.1, 0.15) is 11.6 Å². The summed E-state index contributed by atoms with van der Waals surface area (Å²) in [5, 5.41) is 15.8. The van der Waals surface area contributed by atoms with E-state index >= 15 is 0 Å². The molecule has 0 spiro atoms. The van der Waals surface area contributed by atoms with Gasteiger partial charge in [-0.1, -0.05) is 68.8 Å². The molecular formula is C43H56N2O8. The number of nitrogens with one attached hydrogen (secondary N) is 2. The number of aliphatic carboxylic acids is 1. The number of ether oxygens (including phenoxy) is 2. The van der Waals surface area contributed by atoms with Gasteiger partial charge in [0.15, 0.2) is 18.2 Å². The van der Waals surface area contributed by atoms with Gasteiger partial charge < -0.3 is 25.2 Å². The number of hydrogen-bond acceptors (Lipinski definition) is 8. The molecule has 6 rings (SSSR count). The van der Waals surface area contributed by atoms with Gasteiger partial charge in [-0.25, -0.2) is 4.79 Å². The van der Waals surface area contributed by atoms with Crippen molar-refractivity contribution in [3.63, 3.8) is 0 Å². The van der Waals surface area contributed by atoms with Gasteiger partial charge in [-0.2, -0.15) is 0 Å². The molecule has 5 atom stereocenters. The third kappa shape index (κ3) is 11.7. The van der Waals surface area contributed by atoms with Crippen LogP contribution in [0.2, 0.25) is 0 Å². The van der Waals surface area contributed by atoms with E-state index in [2.05, 4.69) is 16.7 Å². The standard InChI is InChI=1S/C40H48N2O6.C2H4O2.CH4/c1-40(2,3)48-39(46)42-33-10-4-7-26(33)8-6-12-36(43)27-15-13-25(14-16-27)28-17-18-30-22-32(20-19-29(30)21-28)37(44)24-47-38(45)35-23-31-9-5-11-34(31)41-35;1-2(3)4;/h13-22,26,31,33-35,41H,4-12,23-24H2,1-3H3,(H,42,46);1H3,(H,3,4);1H4. The number of alkyl carbamates (subject to hydrolysis) is 1. The Labute approximate surface area is 313 Å². The number of carbonyl (C=O) groups is 5. The summed E-state index contributed by atoms with van der Waals surface area (Å²) < 4.78 is 10.8. The van der Waals surface area contributed by atoms with Crippen molar-refractivity contribution in [1.82, 2.24) is 10.6 Å². The Kier molecular flexibility index (Phi) is 14.3. The van der Waals surface area contributed by atoms with Crippen LogP contribution in [0.3, 0.4) is 0 Å². The molecule has 53 heavy (non-hydrogen) atoms. The molecule has 3 N–H and O–H groups in total. The Morgan fingerprint density at radius 3 is 2.17 bits per heavy atom. The molecule has 0 aromatic heterocycles. The Bertz CT molecular complexity index is 1750. The molecule has 1 heterocycles. The van der Waals surface area contributed by atoms with E-state index in [4.69, 9.17) is 19.4 Å². The molecule has 286 valence electrons. The van der Waals surface area contributed by atoms with Gasteiger partial charge in [-0.3, -0.25) is 19.2 Å². The molecule has 5 unspecified atom stereocenters. The number of amides is 1. The van der Waals surface area contributed by atoms with Gasteiger partial charge >= 0.3 is 12.1 Å². The summed E-state index contributed by atoms with van der Waals surface area (Å²) >= 11 is 0. The molecule has 3 aromatic rings. The lowest BCUT2D eigenvalue weighted by Gasteiger charge is -2.24. The molecule has 1 aliphatic heterocycles. The number of rotatable bonds is 11. The van der Waals surface area contributed by atoms with Crippen LogP contribution in [0, 0.1) is 11.8 Å². The highest BCUT2D eigenvalue weighted by Crippen LogP contribution is 2.35. The second-order valence-corrected chi connectivity index (χ2v) is 15.4. The molecule has 3 aromatic carbocycles. The van der Waals surface area contributed by atoms with Crippen molar-refractivity contribution < 1.29 is 38.6 Å². The molecule has 2 saturated carbocycles. The molecule has 2 aliphatic carbocycles. The Morgan fingerprint density at radius 1 is 0.830 bits per heavy atom. The van der Waals surface area contributed by atoms with Crippen LogP contribution in [0.1, 0.15) is 120 Å². The van der Waals surface area contributed by atoms with Crippen LogP contribution in [-0.2, 0) is 19.1 Å². The Balaban J connectivity index is 0.00000119. The average Bonchev–Trinajstić information content (AvgIpc) is 3.83. The first-order valence-electron chi connectivity index (χ1n) is 18.6. The summed E-state index contributed by atoms with van der Waals surface area (Å²) in [5.74, 6) is -0.338. The monoisotopic (exact) mass is 728 g/mol. The molecule has 10 nitrogen and oxygen atoms in total. The quantitative estimate of drug-likeness (QED) is 0.131. The number of carbonyl (C=O) groups excluding carboxylic acids is 4. The van der Waals surface area contributed by atoms with Crippen LogP contribution in [0.5, 0.6) is 0 Å². The van der Waals surface area contributed by atoms with E-state index in [-0.39, 0.29) is 49.7 Å². The summed E-state index contributed by atoms with van der Waals surface area (Å²) in [5.41, 5.74) is 2.72. The third-order valence-corrected chi connectivity index (χ3v) is 10.3. The third-order valence-electron chi connectivity index (χ3n) is 10.3. The maximum Gasteiger partial charge on any atom is 0.407 e. The zero-order valence-electron chi connectivity index (χ0n) is 30.7. The zero-order valence-corrected chi connectivity index (χ0v) is 30.7. The number of carboxylic acid groups (broad SMARTS) is 1. The van der Waals surface area contributed by atoms with Crippen LogP contribution in [-0.4, -0.2) is 65.0 Å². The second-order valence-electron chi connectivity index (χ2n) is 15.4. The number of carboxylic acids is 1. The largest absolute Gasteiger partial charge is 0.481 e. The molecule has 1 amide bonds. The summed E-state index contributed by atoms with van der Waals surface area (Å²) in [6.45, 7) is 6.41. The number of fused-ring (bicyclic) bond motifs is 2. The molecule has 3 fully saturated rings. The van der Waals surface area contributed by atoms with Gasteiger partial charge in [0, 0.05) is 36.6 Å². The van der Waals surface area contributed by atoms with Crippen LogP contribution in [0.25, 0.3) is 21.9 Å². The van der Waals surface area contributed by atoms with Crippen molar-refractivity contribution in [3.8, 4) is 11.1 Å². The van der Waals surface area contributed by atoms with Crippen molar-refractivity contribution in [1.29, 1.82) is 0 Å². The predicted octanol–water partition coefficient (Wildman–Crippen LogP) is 8.54.